The maximum Gasteiger partial charge on any atom is 0.132 e. The molecule has 2 spiro atoms. The zero-order valence-electron chi connectivity index (χ0n) is 40.7. The molecule has 12 aromatic carbocycles. The lowest BCUT2D eigenvalue weighted by Gasteiger charge is -2.39. The summed E-state index contributed by atoms with van der Waals surface area (Å²) in [6, 6.07) is 101. The van der Waals surface area contributed by atoms with E-state index in [-0.39, 0.29) is 0 Å². The molecule has 16 rings (SSSR count). The van der Waals surface area contributed by atoms with Gasteiger partial charge in [0.05, 0.1) is 22.2 Å². The van der Waals surface area contributed by atoms with Gasteiger partial charge in [0.25, 0.3) is 0 Å². The number of ether oxygens (including phenoxy) is 1. The Morgan fingerprint density at radius 3 is 1.45 bits per heavy atom. The predicted molar refractivity (Wildman–Crippen MR) is 308 cm³/mol. The predicted octanol–water partition coefficient (Wildman–Crippen LogP) is 18.9. The van der Waals surface area contributed by atoms with Crippen molar-refractivity contribution < 1.29 is 4.74 Å². The van der Waals surface area contributed by atoms with E-state index in [1.807, 2.05) is 11.8 Å². The number of hydrogen-bond donors (Lipinski definition) is 0. The third-order valence-electron chi connectivity index (χ3n) is 16.6. The molecule has 4 aliphatic rings. The molecular formula is C72H45NOS. The molecule has 2 aliphatic carbocycles. The van der Waals surface area contributed by atoms with Crippen LogP contribution in [0.1, 0.15) is 44.5 Å². The second-order valence-corrected chi connectivity index (χ2v) is 21.3. The van der Waals surface area contributed by atoms with Gasteiger partial charge in [-0.2, -0.15) is 0 Å². The molecule has 350 valence electrons. The summed E-state index contributed by atoms with van der Waals surface area (Å²) in [5.74, 6) is 1.77. The summed E-state index contributed by atoms with van der Waals surface area (Å²) in [5.41, 5.74) is 22.0. The van der Waals surface area contributed by atoms with Gasteiger partial charge in [-0.05, 0) is 126 Å². The van der Waals surface area contributed by atoms with Crippen molar-refractivity contribution in [2.45, 2.75) is 20.6 Å². The second kappa shape index (κ2) is 16.2. The van der Waals surface area contributed by atoms with Crippen LogP contribution in [0.4, 0.5) is 17.1 Å². The van der Waals surface area contributed by atoms with Gasteiger partial charge in [0.15, 0.2) is 0 Å². The number of hydrogen-bond acceptors (Lipinski definition) is 3. The van der Waals surface area contributed by atoms with Crippen LogP contribution in [0.25, 0.3) is 55.3 Å². The Hall–Kier alpha value is -9.15. The molecule has 2 aliphatic heterocycles. The van der Waals surface area contributed by atoms with Crippen molar-refractivity contribution in [1.82, 2.24) is 0 Å². The van der Waals surface area contributed by atoms with Crippen molar-refractivity contribution in [3.05, 3.63) is 317 Å². The van der Waals surface area contributed by atoms with Crippen molar-refractivity contribution in [3.8, 4) is 56.0 Å². The number of fused-ring (bicyclic) bond motifs is 20. The Bertz CT molecular complexity index is 4230. The van der Waals surface area contributed by atoms with E-state index in [2.05, 4.69) is 278 Å². The first-order valence-electron chi connectivity index (χ1n) is 25.9. The summed E-state index contributed by atoms with van der Waals surface area (Å²) >= 11 is 1.89. The highest BCUT2D eigenvalue weighted by Crippen LogP contribution is 2.66. The van der Waals surface area contributed by atoms with E-state index in [1.54, 1.807) is 0 Å². The lowest BCUT2D eigenvalue weighted by atomic mass is 9.66. The van der Waals surface area contributed by atoms with E-state index < -0.39 is 10.8 Å². The maximum atomic E-state index is 6.78. The Labute approximate surface area is 440 Å². The van der Waals surface area contributed by atoms with Crippen molar-refractivity contribution in [2.24, 2.45) is 0 Å². The zero-order valence-corrected chi connectivity index (χ0v) is 41.6. The fraction of sp³-hybridized carbons (Fsp3) is 0.0278. The summed E-state index contributed by atoms with van der Waals surface area (Å²) in [5, 5.41) is 2.44. The molecule has 0 fully saturated rings. The molecule has 12 aromatic rings. The smallest absolute Gasteiger partial charge is 0.132 e. The molecule has 2 nitrogen and oxygen atoms in total. The molecule has 0 saturated heterocycles. The molecule has 0 atom stereocenters. The SMILES string of the molecule is c1ccc(-c2ccc(-c3ccccc3N(c3ccc4ccc5c(c4c3)-c3ccccc3C53c4ccccc4Sc4ccccc43)c3cccc4c3-c3ccccc3C43c4ccccc4Oc4ccccc43)cc2)cc1. The highest BCUT2D eigenvalue weighted by Gasteiger charge is 2.53. The number of nitrogens with zero attached hydrogens (tertiary/aromatic N) is 1. The van der Waals surface area contributed by atoms with Gasteiger partial charge in [-0.3, -0.25) is 0 Å². The first-order valence-corrected chi connectivity index (χ1v) is 26.7. The van der Waals surface area contributed by atoms with E-state index >= 15 is 0 Å². The third-order valence-corrected chi connectivity index (χ3v) is 17.8. The first-order chi connectivity index (χ1) is 37.2. The van der Waals surface area contributed by atoms with Crippen molar-refractivity contribution >= 4 is 39.6 Å². The molecule has 0 aromatic heterocycles. The van der Waals surface area contributed by atoms with Gasteiger partial charge in [-0.25, -0.2) is 0 Å². The molecule has 0 radical (unpaired) electrons. The largest absolute Gasteiger partial charge is 0.457 e. The quantitative estimate of drug-likeness (QED) is 0.171. The molecule has 0 amide bonds. The van der Waals surface area contributed by atoms with Crippen LogP contribution in [0.15, 0.2) is 283 Å². The van der Waals surface area contributed by atoms with E-state index in [9.17, 15) is 0 Å². The average molecular weight is 972 g/mol. The summed E-state index contributed by atoms with van der Waals surface area (Å²) in [6.07, 6.45) is 0. The molecule has 0 saturated carbocycles. The number of anilines is 3. The monoisotopic (exact) mass is 971 g/mol. The van der Waals surface area contributed by atoms with Gasteiger partial charge in [-0.15, -0.1) is 0 Å². The van der Waals surface area contributed by atoms with Crippen LogP contribution in [0.3, 0.4) is 0 Å². The lowest BCUT2D eigenvalue weighted by Crippen LogP contribution is -2.32. The van der Waals surface area contributed by atoms with E-state index in [4.69, 9.17) is 4.74 Å². The summed E-state index contributed by atoms with van der Waals surface area (Å²) < 4.78 is 6.78. The van der Waals surface area contributed by atoms with Crippen LogP contribution in [-0.4, -0.2) is 0 Å². The third kappa shape index (κ3) is 5.82. The van der Waals surface area contributed by atoms with Crippen LogP contribution in [0, 0.1) is 0 Å². The van der Waals surface area contributed by atoms with Crippen LogP contribution < -0.4 is 9.64 Å². The van der Waals surface area contributed by atoms with Crippen LogP contribution in [-0.2, 0) is 10.8 Å². The second-order valence-electron chi connectivity index (χ2n) is 20.2. The molecule has 75 heavy (non-hydrogen) atoms. The van der Waals surface area contributed by atoms with Crippen LogP contribution in [0.5, 0.6) is 11.5 Å². The molecule has 2 heterocycles. The highest BCUT2D eigenvalue weighted by atomic mass is 32.2. The topological polar surface area (TPSA) is 12.5 Å². The molecule has 3 heteroatoms. The molecule has 0 unspecified atom stereocenters. The Kier molecular flexibility index (Phi) is 9.14. The minimum Gasteiger partial charge on any atom is -0.457 e. The van der Waals surface area contributed by atoms with E-state index in [1.165, 1.54) is 87.3 Å². The number of para-hydroxylation sites is 3. The average Bonchev–Trinajstić information content (AvgIpc) is 3.98. The van der Waals surface area contributed by atoms with Crippen molar-refractivity contribution in [3.63, 3.8) is 0 Å². The van der Waals surface area contributed by atoms with Gasteiger partial charge in [0.2, 0.25) is 0 Å². The highest BCUT2D eigenvalue weighted by molar-refractivity contribution is 7.99. The minimum absolute atomic E-state index is 0.485. The van der Waals surface area contributed by atoms with Gasteiger partial charge in [0.1, 0.15) is 11.5 Å². The van der Waals surface area contributed by atoms with Gasteiger partial charge in [0, 0.05) is 37.7 Å². The molecular weight excluding hydrogens is 927 g/mol. The zero-order chi connectivity index (χ0) is 49.2. The molecule has 0 N–H and O–H groups in total. The fourth-order valence-corrected chi connectivity index (χ4v) is 14.9. The van der Waals surface area contributed by atoms with Crippen LogP contribution in [0.2, 0.25) is 0 Å². The van der Waals surface area contributed by atoms with E-state index in [0.29, 0.717) is 0 Å². The fourth-order valence-electron chi connectivity index (χ4n) is 13.7. The van der Waals surface area contributed by atoms with Crippen molar-refractivity contribution in [1.29, 1.82) is 0 Å². The van der Waals surface area contributed by atoms with Gasteiger partial charge >= 0.3 is 0 Å². The summed E-state index contributed by atoms with van der Waals surface area (Å²) in [6.45, 7) is 0. The lowest BCUT2D eigenvalue weighted by molar-refractivity contribution is 0.436. The number of benzene rings is 12. The maximum absolute atomic E-state index is 6.78. The number of rotatable bonds is 5. The Morgan fingerprint density at radius 1 is 0.307 bits per heavy atom. The Morgan fingerprint density at radius 2 is 0.773 bits per heavy atom. The van der Waals surface area contributed by atoms with Gasteiger partial charge < -0.3 is 9.64 Å². The van der Waals surface area contributed by atoms with E-state index in [0.717, 1.165) is 50.8 Å². The normalized spacial score (nSPS) is 14.1. The first kappa shape index (κ1) is 42.4. The summed E-state index contributed by atoms with van der Waals surface area (Å²) in [7, 11) is 0. The van der Waals surface area contributed by atoms with Gasteiger partial charge in [-0.1, -0.05) is 236 Å². The minimum atomic E-state index is -0.626. The standard InChI is InChI=1S/C72H45NOS/c1-2-19-46(20-3-1)47-37-39-48(40-38-47)51-21-6-13-31-63(51)73(64-32-18-30-61-70(64)53-23-5-8-25-56(53)71(61)57-26-9-14-33-65(57)74-66-34-15-10-27-58(66)71)50-43-41-49-42-44-62-69(54(49)45-50)52-22-4-7-24-55(52)72(62)59-28-11-16-35-67(59)75-68-36-17-12-29-60(68)72/h1-45H. The van der Waals surface area contributed by atoms with Crippen LogP contribution >= 0.6 is 11.8 Å². The van der Waals surface area contributed by atoms with Crippen molar-refractivity contribution in [2.75, 3.05) is 4.90 Å². The molecule has 0 bridgehead atoms. The summed E-state index contributed by atoms with van der Waals surface area (Å²) in [4.78, 5) is 5.17. The Balaban J connectivity index is 0.986.